The van der Waals surface area contributed by atoms with E-state index >= 15 is 0 Å². The average molecular weight is 348 g/mol. The van der Waals surface area contributed by atoms with Crippen LogP contribution in [0.25, 0.3) is 11.5 Å². The lowest BCUT2D eigenvalue weighted by molar-refractivity contribution is -0.908. The molecular formula is C17H20ClN4O2+. The Morgan fingerprint density at radius 2 is 2.08 bits per heavy atom. The van der Waals surface area contributed by atoms with Crippen LogP contribution in [-0.4, -0.2) is 44.4 Å². The van der Waals surface area contributed by atoms with Gasteiger partial charge >= 0.3 is 0 Å². The summed E-state index contributed by atoms with van der Waals surface area (Å²) in [6, 6.07) is 9.35. The van der Waals surface area contributed by atoms with E-state index in [9.17, 15) is 5.26 Å². The number of ether oxygens (including phenoxy) is 1. The second-order valence-corrected chi connectivity index (χ2v) is 6.09. The zero-order valence-corrected chi connectivity index (χ0v) is 14.1. The summed E-state index contributed by atoms with van der Waals surface area (Å²) >= 11 is 6.16. The van der Waals surface area contributed by atoms with Crippen LogP contribution in [0.4, 0.5) is 5.88 Å². The third kappa shape index (κ3) is 4.06. The minimum Gasteiger partial charge on any atom is -0.419 e. The van der Waals surface area contributed by atoms with Gasteiger partial charge in [0.1, 0.15) is 19.2 Å². The molecule has 3 rings (SSSR count). The van der Waals surface area contributed by atoms with Crippen molar-refractivity contribution >= 4 is 17.5 Å². The first kappa shape index (κ1) is 16.8. The number of benzene rings is 1. The van der Waals surface area contributed by atoms with Gasteiger partial charge in [-0.15, -0.1) is 0 Å². The molecule has 24 heavy (non-hydrogen) atoms. The van der Waals surface area contributed by atoms with Crippen molar-refractivity contribution in [3.8, 4) is 17.5 Å². The van der Waals surface area contributed by atoms with E-state index in [4.69, 9.17) is 20.8 Å². The van der Waals surface area contributed by atoms with E-state index in [1.54, 1.807) is 11.0 Å². The van der Waals surface area contributed by atoms with Gasteiger partial charge in [0, 0.05) is 13.0 Å². The summed E-state index contributed by atoms with van der Waals surface area (Å²) in [5.41, 5.74) is 0.935. The van der Waals surface area contributed by atoms with Crippen molar-refractivity contribution in [2.75, 3.05) is 44.7 Å². The Labute approximate surface area is 146 Å². The summed E-state index contributed by atoms with van der Waals surface area (Å²) in [4.78, 5) is 5.79. The predicted molar refractivity (Wildman–Crippen MR) is 91.2 cm³/mol. The highest BCUT2D eigenvalue weighted by atomic mass is 35.5. The first-order valence-electron chi connectivity index (χ1n) is 8.09. The van der Waals surface area contributed by atoms with Gasteiger partial charge in [0.15, 0.2) is 0 Å². The Balaban J connectivity index is 1.59. The molecule has 0 bridgehead atoms. The highest BCUT2D eigenvalue weighted by molar-refractivity contribution is 6.33. The molecule has 1 saturated heterocycles. The van der Waals surface area contributed by atoms with Gasteiger partial charge in [-0.3, -0.25) is 0 Å². The number of anilines is 1. The van der Waals surface area contributed by atoms with Crippen LogP contribution in [0.3, 0.4) is 0 Å². The van der Waals surface area contributed by atoms with E-state index in [0.29, 0.717) is 22.4 Å². The summed E-state index contributed by atoms with van der Waals surface area (Å²) in [6.45, 7) is 5.60. The van der Waals surface area contributed by atoms with Crippen LogP contribution in [0.15, 0.2) is 28.7 Å². The molecule has 0 aliphatic carbocycles. The fourth-order valence-corrected chi connectivity index (χ4v) is 2.93. The highest BCUT2D eigenvalue weighted by Crippen LogP contribution is 2.30. The van der Waals surface area contributed by atoms with Crippen LogP contribution < -0.4 is 10.2 Å². The number of rotatable bonds is 6. The van der Waals surface area contributed by atoms with E-state index < -0.39 is 0 Å². The Bertz CT molecular complexity index is 720. The van der Waals surface area contributed by atoms with Crippen LogP contribution in [0.2, 0.25) is 5.02 Å². The second-order valence-electron chi connectivity index (χ2n) is 5.68. The predicted octanol–water partition coefficient (Wildman–Crippen LogP) is 1.58. The molecule has 1 aromatic carbocycles. The van der Waals surface area contributed by atoms with E-state index in [1.807, 2.05) is 18.2 Å². The number of morpholine rings is 1. The molecule has 126 valence electrons. The highest BCUT2D eigenvalue weighted by Gasteiger charge is 2.17. The molecule has 0 saturated carbocycles. The lowest BCUT2D eigenvalue weighted by Crippen LogP contribution is -3.14. The molecular weight excluding hydrogens is 328 g/mol. The minimum absolute atomic E-state index is 0.253. The van der Waals surface area contributed by atoms with E-state index in [-0.39, 0.29) is 5.69 Å². The van der Waals surface area contributed by atoms with Crippen LogP contribution in [0.5, 0.6) is 0 Å². The number of nitriles is 1. The number of nitrogens with one attached hydrogen (secondary N) is 2. The standard InChI is InChI=1S/C17H19ClN4O2/c18-14-5-2-1-4-13(14)16-21-15(12-19)17(24-16)20-6-3-7-22-8-10-23-11-9-22/h1-2,4-5,20H,3,6-11H2/p+1. The van der Waals surface area contributed by atoms with Crippen molar-refractivity contribution in [3.05, 3.63) is 35.0 Å². The maximum absolute atomic E-state index is 9.24. The molecule has 2 N–H and O–H groups in total. The molecule has 0 atom stereocenters. The van der Waals surface area contributed by atoms with Gasteiger partial charge in [-0.2, -0.15) is 10.2 Å². The van der Waals surface area contributed by atoms with E-state index in [1.165, 1.54) is 0 Å². The Morgan fingerprint density at radius 3 is 2.83 bits per heavy atom. The van der Waals surface area contributed by atoms with Crippen molar-refractivity contribution in [2.45, 2.75) is 6.42 Å². The Kier molecular flexibility index (Phi) is 5.70. The number of nitrogens with zero attached hydrogens (tertiary/aromatic N) is 2. The molecule has 2 aromatic rings. The summed E-state index contributed by atoms with van der Waals surface area (Å²) < 4.78 is 11.1. The molecule has 0 radical (unpaired) electrons. The van der Waals surface area contributed by atoms with Gasteiger partial charge in [-0.25, -0.2) is 0 Å². The largest absolute Gasteiger partial charge is 0.419 e. The smallest absolute Gasteiger partial charge is 0.232 e. The van der Waals surface area contributed by atoms with E-state index in [2.05, 4.69) is 16.4 Å². The molecule has 1 aromatic heterocycles. The average Bonchev–Trinajstić information content (AvgIpc) is 3.03. The first-order chi connectivity index (χ1) is 11.8. The van der Waals surface area contributed by atoms with Crippen LogP contribution in [-0.2, 0) is 4.74 Å². The third-order valence-electron chi connectivity index (χ3n) is 4.03. The fourth-order valence-electron chi connectivity index (χ4n) is 2.72. The van der Waals surface area contributed by atoms with Crippen molar-refractivity contribution in [3.63, 3.8) is 0 Å². The molecule has 1 fully saturated rings. The normalized spacial score (nSPS) is 15.2. The second kappa shape index (κ2) is 8.15. The van der Waals surface area contributed by atoms with Crippen LogP contribution in [0.1, 0.15) is 12.1 Å². The Hall–Kier alpha value is -2.07. The van der Waals surface area contributed by atoms with Crippen molar-refractivity contribution in [1.82, 2.24) is 4.98 Å². The van der Waals surface area contributed by atoms with Gasteiger partial charge in [-0.05, 0) is 12.1 Å². The monoisotopic (exact) mass is 347 g/mol. The van der Waals surface area contributed by atoms with Crippen LogP contribution in [0, 0.1) is 11.3 Å². The number of aromatic nitrogens is 1. The van der Waals surface area contributed by atoms with Gasteiger partial charge in [-0.1, -0.05) is 23.7 Å². The molecule has 0 unspecified atom stereocenters. The van der Waals surface area contributed by atoms with Crippen molar-refractivity contribution in [1.29, 1.82) is 5.26 Å². The lowest BCUT2D eigenvalue weighted by atomic mass is 10.2. The summed E-state index contributed by atoms with van der Waals surface area (Å²) in [6.07, 6.45) is 0.988. The van der Waals surface area contributed by atoms with Crippen molar-refractivity contribution < 1.29 is 14.1 Å². The van der Waals surface area contributed by atoms with Gasteiger partial charge in [0.05, 0.1) is 30.3 Å². The number of halogens is 1. The summed E-state index contributed by atoms with van der Waals surface area (Å²) in [7, 11) is 0. The molecule has 2 heterocycles. The summed E-state index contributed by atoms with van der Waals surface area (Å²) in [5, 5.41) is 13.0. The van der Waals surface area contributed by atoms with Gasteiger partial charge in [0.2, 0.25) is 17.5 Å². The van der Waals surface area contributed by atoms with Crippen LogP contribution >= 0.6 is 11.6 Å². The number of oxazole rings is 1. The van der Waals surface area contributed by atoms with Gasteiger partial charge < -0.3 is 19.4 Å². The maximum Gasteiger partial charge on any atom is 0.232 e. The molecule has 0 spiro atoms. The number of hydrogen-bond acceptors (Lipinski definition) is 5. The molecule has 0 amide bonds. The fraction of sp³-hybridized carbons (Fsp3) is 0.412. The molecule has 6 nitrogen and oxygen atoms in total. The van der Waals surface area contributed by atoms with E-state index in [0.717, 1.165) is 45.8 Å². The SMILES string of the molecule is N#Cc1nc(-c2ccccc2Cl)oc1NCCC[NH+]1CCOCC1. The van der Waals surface area contributed by atoms with Crippen molar-refractivity contribution in [2.24, 2.45) is 0 Å². The zero-order chi connectivity index (χ0) is 16.8. The first-order valence-corrected chi connectivity index (χ1v) is 8.46. The molecule has 1 aliphatic rings. The topological polar surface area (TPSA) is 75.5 Å². The minimum atomic E-state index is 0.253. The number of quaternary nitrogens is 1. The Morgan fingerprint density at radius 1 is 1.29 bits per heavy atom. The quantitative estimate of drug-likeness (QED) is 0.776. The number of hydrogen-bond donors (Lipinski definition) is 2. The summed E-state index contributed by atoms with van der Waals surface area (Å²) in [5.74, 6) is 0.767. The van der Waals surface area contributed by atoms with Gasteiger partial charge in [0.25, 0.3) is 0 Å². The lowest BCUT2D eigenvalue weighted by Gasteiger charge is -2.23. The third-order valence-corrected chi connectivity index (χ3v) is 4.36. The zero-order valence-electron chi connectivity index (χ0n) is 13.3. The molecule has 1 aliphatic heterocycles. The maximum atomic E-state index is 9.24. The molecule has 7 heteroatoms.